The van der Waals surface area contributed by atoms with Crippen molar-refractivity contribution in [3.63, 3.8) is 0 Å². The zero-order valence-electron chi connectivity index (χ0n) is 10.8. The van der Waals surface area contributed by atoms with Gasteiger partial charge in [0.15, 0.2) is 0 Å². The molecule has 0 aliphatic rings. The Morgan fingerprint density at radius 1 is 1.47 bits per heavy atom. The molecule has 2 aromatic heterocycles. The molecule has 2 heterocycles. The van der Waals surface area contributed by atoms with Crippen LogP contribution in [0.4, 0.5) is 5.69 Å². The second-order valence-corrected chi connectivity index (χ2v) is 4.29. The summed E-state index contributed by atoms with van der Waals surface area (Å²) in [5.74, 6) is -0.189. The van der Waals surface area contributed by atoms with Crippen molar-refractivity contribution in [3.8, 4) is 0 Å². The van der Waals surface area contributed by atoms with E-state index in [1.165, 1.54) is 0 Å². The van der Waals surface area contributed by atoms with E-state index in [9.17, 15) is 4.79 Å². The number of nitrogens with one attached hydrogen (secondary N) is 1. The van der Waals surface area contributed by atoms with Crippen molar-refractivity contribution in [3.05, 3.63) is 42.5 Å². The lowest BCUT2D eigenvalue weighted by Crippen LogP contribution is -2.34. The third-order valence-corrected chi connectivity index (χ3v) is 2.77. The maximum absolute atomic E-state index is 11.6. The number of hydrogen-bond acceptors (Lipinski definition) is 4. The molecule has 2 aromatic rings. The van der Waals surface area contributed by atoms with E-state index in [4.69, 9.17) is 5.73 Å². The van der Waals surface area contributed by atoms with Gasteiger partial charge in [0.25, 0.3) is 0 Å². The first kappa shape index (κ1) is 13.2. The van der Waals surface area contributed by atoms with Crippen LogP contribution in [0.1, 0.15) is 18.9 Å². The molecule has 0 unspecified atom stereocenters. The molecule has 0 bridgehead atoms. The van der Waals surface area contributed by atoms with E-state index in [1.54, 1.807) is 29.5 Å². The topological polar surface area (TPSA) is 85.8 Å². The van der Waals surface area contributed by atoms with E-state index in [-0.39, 0.29) is 5.91 Å². The second kappa shape index (κ2) is 6.10. The molecule has 0 aliphatic heterocycles. The lowest BCUT2D eigenvalue weighted by atomic mass is 10.2. The number of carbonyl (C=O) groups is 1. The van der Waals surface area contributed by atoms with E-state index in [2.05, 4.69) is 15.4 Å². The quantitative estimate of drug-likeness (QED) is 0.838. The second-order valence-electron chi connectivity index (χ2n) is 4.29. The highest BCUT2D eigenvalue weighted by Crippen LogP contribution is 2.08. The molecule has 19 heavy (non-hydrogen) atoms. The summed E-state index contributed by atoms with van der Waals surface area (Å²) in [4.78, 5) is 15.6. The van der Waals surface area contributed by atoms with Crippen LogP contribution in [0.25, 0.3) is 0 Å². The van der Waals surface area contributed by atoms with Gasteiger partial charge in [-0.2, -0.15) is 5.10 Å². The summed E-state index contributed by atoms with van der Waals surface area (Å²) in [6, 6.07) is 3.36. The van der Waals surface area contributed by atoms with Crippen molar-refractivity contribution in [1.29, 1.82) is 0 Å². The Labute approximate surface area is 111 Å². The first-order valence-corrected chi connectivity index (χ1v) is 6.17. The zero-order chi connectivity index (χ0) is 13.7. The number of hydrogen-bond donors (Lipinski definition) is 2. The summed E-state index contributed by atoms with van der Waals surface area (Å²) in [5.41, 5.74) is 7.40. The minimum atomic E-state index is -0.483. The number of anilines is 1. The van der Waals surface area contributed by atoms with E-state index in [1.807, 2.05) is 19.1 Å². The molecule has 6 nitrogen and oxygen atoms in total. The third-order valence-electron chi connectivity index (χ3n) is 2.77. The lowest BCUT2D eigenvalue weighted by Gasteiger charge is -2.07. The largest absolute Gasteiger partial charge is 0.322 e. The van der Waals surface area contributed by atoms with Gasteiger partial charge < -0.3 is 11.1 Å². The Hall–Kier alpha value is -2.21. The van der Waals surface area contributed by atoms with Gasteiger partial charge in [0, 0.05) is 18.6 Å². The molecule has 3 N–H and O–H groups in total. The highest BCUT2D eigenvalue weighted by Gasteiger charge is 2.11. The van der Waals surface area contributed by atoms with Gasteiger partial charge in [-0.15, -0.1) is 0 Å². The van der Waals surface area contributed by atoms with Gasteiger partial charge >= 0.3 is 0 Å². The molecule has 0 aromatic carbocycles. The standard InChI is InChI=1S/C13H17N5O/c1-2-12(14)13(19)17-11-7-16-18(9-11)8-10-3-5-15-6-4-10/h3-7,9,12H,2,8,14H2,1H3,(H,17,19)/t12-/m0/s1. The van der Waals surface area contributed by atoms with Crippen LogP contribution in [-0.4, -0.2) is 26.7 Å². The van der Waals surface area contributed by atoms with Crippen molar-refractivity contribution >= 4 is 11.6 Å². The molecule has 1 atom stereocenters. The fraction of sp³-hybridized carbons (Fsp3) is 0.308. The van der Waals surface area contributed by atoms with E-state index < -0.39 is 6.04 Å². The molecule has 1 amide bonds. The number of nitrogens with two attached hydrogens (primary N) is 1. The molecule has 0 fully saturated rings. The molecule has 0 radical (unpaired) electrons. The Bertz CT molecular complexity index is 537. The van der Waals surface area contributed by atoms with E-state index in [0.29, 0.717) is 18.7 Å². The van der Waals surface area contributed by atoms with Gasteiger partial charge in [-0.05, 0) is 24.1 Å². The van der Waals surface area contributed by atoms with Crippen molar-refractivity contribution in [1.82, 2.24) is 14.8 Å². The zero-order valence-corrected chi connectivity index (χ0v) is 10.8. The molecule has 0 saturated heterocycles. The Morgan fingerprint density at radius 3 is 2.89 bits per heavy atom. The summed E-state index contributed by atoms with van der Waals surface area (Å²) in [6.07, 6.45) is 7.47. The lowest BCUT2D eigenvalue weighted by molar-refractivity contribution is -0.117. The first-order chi connectivity index (χ1) is 9.19. The number of pyridine rings is 1. The Kier molecular flexibility index (Phi) is 4.25. The van der Waals surface area contributed by atoms with Crippen LogP contribution in [0, 0.1) is 0 Å². The number of carbonyl (C=O) groups excluding carboxylic acids is 1. The van der Waals surface area contributed by atoms with Crippen molar-refractivity contribution in [2.24, 2.45) is 5.73 Å². The minimum Gasteiger partial charge on any atom is -0.322 e. The average Bonchev–Trinajstić information content (AvgIpc) is 2.86. The van der Waals surface area contributed by atoms with Crippen LogP contribution >= 0.6 is 0 Å². The number of aromatic nitrogens is 3. The van der Waals surface area contributed by atoms with Crippen LogP contribution in [-0.2, 0) is 11.3 Å². The Morgan fingerprint density at radius 2 is 2.21 bits per heavy atom. The fourth-order valence-corrected chi connectivity index (χ4v) is 1.61. The maximum atomic E-state index is 11.6. The van der Waals surface area contributed by atoms with E-state index in [0.717, 1.165) is 5.56 Å². The highest BCUT2D eigenvalue weighted by atomic mass is 16.2. The average molecular weight is 259 g/mol. The van der Waals surface area contributed by atoms with Gasteiger partial charge in [-0.3, -0.25) is 14.5 Å². The fourth-order valence-electron chi connectivity index (χ4n) is 1.61. The smallest absolute Gasteiger partial charge is 0.241 e. The summed E-state index contributed by atoms with van der Waals surface area (Å²) in [5, 5.41) is 6.93. The molecule has 0 aliphatic carbocycles. The Balaban J connectivity index is 1.98. The minimum absolute atomic E-state index is 0.189. The normalized spacial score (nSPS) is 12.1. The molecule has 2 rings (SSSR count). The van der Waals surface area contributed by atoms with Crippen LogP contribution in [0.2, 0.25) is 0 Å². The number of rotatable bonds is 5. The number of nitrogens with zero attached hydrogens (tertiary/aromatic N) is 3. The number of amides is 1. The summed E-state index contributed by atoms with van der Waals surface area (Å²) in [6.45, 7) is 2.51. The molecule has 6 heteroatoms. The van der Waals surface area contributed by atoms with Crippen molar-refractivity contribution < 1.29 is 4.79 Å². The SMILES string of the molecule is CC[C@H](N)C(=O)Nc1cnn(Cc2ccncc2)c1. The molecule has 100 valence electrons. The van der Waals surface area contributed by atoms with Crippen molar-refractivity contribution in [2.45, 2.75) is 25.9 Å². The van der Waals surface area contributed by atoms with Crippen LogP contribution in [0.3, 0.4) is 0 Å². The summed E-state index contributed by atoms with van der Waals surface area (Å²) < 4.78 is 1.75. The molecule has 0 saturated carbocycles. The van der Waals surface area contributed by atoms with Gasteiger partial charge in [-0.25, -0.2) is 0 Å². The summed E-state index contributed by atoms with van der Waals surface area (Å²) >= 11 is 0. The highest BCUT2D eigenvalue weighted by molar-refractivity contribution is 5.94. The van der Waals surface area contributed by atoms with E-state index >= 15 is 0 Å². The van der Waals surface area contributed by atoms with Gasteiger partial charge in [0.1, 0.15) is 0 Å². The molecular weight excluding hydrogens is 242 g/mol. The van der Waals surface area contributed by atoms with Gasteiger partial charge in [-0.1, -0.05) is 6.92 Å². The van der Waals surface area contributed by atoms with Crippen molar-refractivity contribution in [2.75, 3.05) is 5.32 Å². The summed E-state index contributed by atoms with van der Waals surface area (Å²) in [7, 11) is 0. The van der Waals surface area contributed by atoms with Crippen LogP contribution in [0.15, 0.2) is 36.9 Å². The van der Waals surface area contributed by atoms with Crippen LogP contribution < -0.4 is 11.1 Å². The maximum Gasteiger partial charge on any atom is 0.241 e. The third kappa shape index (κ3) is 3.62. The molecular formula is C13H17N5O. The predicted molar refractivity (Wildman–Crippen MR) is 72.5 cm³/mol. The monoisotopic (exact) mass is 259 g/mol. The van der Waals surface area contributed by atoms with Gasteiger partial charge in [0.2, 0.25) is 5.91 Å². The van der Waals surface area contributed by atoms with Gasteiger partial charge in [0.05, 0.1) is 24.5 Å². The first-order valence-electron chi connectivity index (χ1n) is 6.17. The predicted octanol–water partition coefficient (Wildman–Crippen LogP) is 1.00. The molecule has 0 spiro atoms. The van der Waals surface area contributed by atoms with Crippen LogP contribution in [0.5, 0.6) is 0 Å².